The number of carbonyl (C=O) groups excluding carboxylic acids is 2. The largest absolute Gasteiger partial charge is 0.340 e. The summed E-state index contributed by atoms with van der Waals surface area (Å²) < 4.78 is 27.0. The van der Waals surface area contributed by atoms with Crippen molar-refractivity contribution >= 4 is 21.8 Å². The van der Waals surface area contributed by atoms with Gasteiger partial charge in [-0.3, -0.25) is 9.59 Å². The number of benzene rings is 1. The molecule has 0 bridgehead atoms. The van der Waals surface area contributed by atoms with Crippen LogP contribution < -0.4 is 0 Å². The summed E-state index contributed by atoms with van der Waals surface area (Å²) >= 11 is 0. The number of hydrogen-bond acceptors (Lipinski definition) is 4. The van der Waals surface area contributed by atoms with E-state index in [0.717, 1.165) is 19.5 Å². The SMILES string of the molecule is CC(=O)N1CCN(S(=O)(=O)c2cccc(C(=O)N3CCC3)c2)CC1. The molecule has 2 fully saturated rings. The maximum absolute atomic E-state index is 12.8. The van der Waals surface area contributed by atoms with E-state index in [0.29, 0.717) is 18.7 Å². The second kappa shape index (κ2) is 6.52. The molecule has 0 N–H and O–H groups in total. The Balaban J connectivity index is 1.77. The number of carbonyl (C=O) groups is 2. The molecule has 0 unspecified atom stereocenters. The van der Waals surface area contributed by atoms with Crippen LogP contribution in [0.2, 0.25) is 0 Å². The van der Waals surface area contributed by atoms with E-state index in [-0.39, 0.29) is 29.8 Å². The van der Waals surface area contributed by atoms with Gasteiger partial charge in [0.25, 0.3) is 5.91 Å². The van der Waals surface area contributed by atoms with Crippen molar-refractivity contribution < 1.29 is 18.0 Å². The molecule has 1 aromatic rings. The highest BCUT2D eigenvalue weighted by atomic mass is 32.2. The second-order valence-electron chi connectivity index (χ2n) is 6.08. The highest BCUT2D eigenvalue weighted by Crippen LogP contribution is 2.21. The molecular weight excluding hydrogens is 330 g/mol. The van der Waals surface area contributed by atoms with Crippen LogP contribution in [0.5, 0.6) is 0 Å². The molecule has 3 rings (SSSR count). The van der Waals surface area contributed by atoms with Gasteiger partial charge in [0, 0.05) is 51.8 Å². The van der Waals surface area contributed by atoms with Crippen LogP contribution in [0, 0.1) is 0 Å². The molecule has 0 spiro atoms. The number of piperazine rings is 1. The fraction of sp³-hybridized carbons (Fsp3) is 0.500. The topological polar surface area (TPSA) is 78.0 Å². The van der Waals surface area contributed by atoms with Crippen LogP contribution in [0.25, 0.3) is 0 Å². The van der Waals surface area contributed by atoms with Crippen molar-refractivity contribution in [2.75, 3.05) is 39.3 Å². The van der Waals surface area contributed by atoms with Crippen molar-refractivity contribution in [3.63, 3.8) is 0 Å². The number of sulfonamides is 1. The first-order valence-corrected chi connectivity index (χ1v) is 9.48. The van der Waals surface area contributed by atoms with E-state index in [1.807, 2.05) is 0 Å². The minimum Gasteiger partial charge on any atom is -0.340 e. The van der Waals surface area contributed by atoms with Gasteiger partial charge in [-0.1, -0.05) is 6.07 Å². The van der Waals surface area contributed by atoms with Crippen molar-refractivity contribution in [2.45, 2.75) is 18.2 Å². The Hall–Kier alpha value is -1.93. The third-order valence-electron chi connectivity index (χ3n) is 4.55. The molecule has 24 heavy (non-hydrogen) atoms. The van der Waals surface area contributed by atoms with E-state index in [4.69, 9.17) is 0 Å². The summed E-state index contributed by atoms with van der Waals surface area (Å²) in [4.78, 5) is 27.1. The molecule has 2 saturated heterocycles. The van der Waals surface area contributed by atoms with E-state index < -0.39 is 10.0 Å². The fourth-order valence-corrected chi connectivity index (χ4v) is 4.35. The molecule has 2 aliphatic rings. The number of likely N-dealkylation sites (tertiary alicyclic amines) is 1. The Morgan fingerprint density at radius 2 is 1.62 bits per heavy atom. The lowest BCUT2D eigenvalue weighted by molar-refractivity contribution is -0.129. The molecule has 0 aromatic heterocycles. The lowest BCUT2D eigenvalue weighted by atomic mass is 10.1. The Bertz CT molecular complexity index is 750. The molecule has 7 nitrogen and oxygen atoms in total. The van der Waals surface area contributed by atoms with E-state index in [1.165, 1.54) is 23.4 Å². The maximum Gasteiger partial charge on any atom is 0.253 e. The van der Waals surface area contributed by atoms with Crippen LogP contribution in [0.15, 0.2) is 29.2 Å². The summed E-state index contributed by atoms with van der Waals surface area (Å²) in [6.45, 7) is 4.25. The van der Waals surface area contributed by atoms with Gasteiger partial charge in [0.1, 0.15) is 0 Å². The summed E-state index contributed by atoms with van der Waals surface area (Å²) in [5, 5.41) is 0. The van der Waals surface area contributed by atoms with Crippen molar-refractivity contribution in [1.29, 1.82) is 0 Å². The normalized spacial score (nSPS) is 19.0. The molecule has 0 atom stereocenters. The average Bonchev–Trinajstić information content (AvgIpc) is 2.53. The van der Waals surface area contributed by atoms with Gasteiger partial charge >= 0.3 is 0 Å². The van der Waals surface area contributed by atoms with E-state index in [9.17, 15) is 18.0 Å². The number of rotatable bonds is 3. The van der Waals surface area contributed by atoms with Crippen LogP contribution in [-0.4, -0.2) is 73.6 Å². The molecule has 0 saturated carbocycles. The van der Waals surface area contributed by atoms with Gasteiger partial charge in [-0.15, -0.1) is 0 Å². The zero-order valence-corrected chi connectivity index (χ0v) is 14.5. The first-order valence-electron chi connectivity index (χ1n) is 8.04. The predicted octanol–water partition coefficient (Wildman–Crippen LogP) is 0.385. The number of amides is 2. The zero-order chi connectivity index (χ0) is 17.3. The highest BCUT2D eigenvalue weighted by Gasteiger charge is 2.30. The summed E-state index contributed by atoms with van der Waals surface area (Å²) in [5.74, 6) is -0.172. The molecule has 0 aliphatic carbocycles. The van der Waals surface area contributed by atoms with Gasteiger partial charge in [-0.05, 0) is 24.6 Å². The Kier molecular flexibility index (Phi) is 4.60. The summed E-state index contributed by atoms with van der Waals surface area (Å²) in [5.41, 5.74) is 0.401. The molecule has 130 valence electrons. The zero-order valence-electron chi connectivity index (χ0n) is 13.6. The summed E-state index contributed by atoms with van der Waals surface area (Å²) in [7, 11) is -3.66. The van der Waals surface area contributed by atoms with Crippen LogP contribution in [-0.2, 0) is 14.8 Å². The second-order valence-corrected chi connectivity index (χ2v) is 8.02. The molecular formula is C16H21N3O4S. The minimum atomic E-state index is -3.66. The molecule has 0 radical (unpaired) electrons. The Morgan fingerprint density at radius 1 is 0.958 bits per heavy atom. The van der Waals surface area contributed by atoms with Gasteiger partial charge in [0.05, 0.1) is 4.90 Å². The van der Waals surface area contributed by atoms with Gasteiger partial charge in [-0.25, -0.2) is 8.42 Å². The highest BCUT2D eigenvalue weighted by molar-refractivity contribution is 7.89. The van der Waals surface area contributed by atoms with Crippen molar-refractivity contribution in [2.24, 2.45) is 0 Å². The van der Waals surface area contributed by atoms with Crippen molar-refractivity contribution in [3.05, 3.63) is 29.8 Å². The first-order chi connectivity index (χ1) is 11.4. The molecule has 2 amide bonds. The lowest BCUT2D eigenvalue weighted by Gasteiger charge is -2.33. The molecule has 1 aromatic carbocycles. The summed E-state index contributed by atoms with van der Waals surface area (Å²) in [6.07, 6.45) is 0.990. The number of nitrogens with zero attached hydrogens (tertiary/aromatic N) is 3. The maximum atomic E-state index is 12.8. The Labute approximate surface area is 141 Å². The van der Waals surface area contributed by atoms with Crippen LogP contribution in [0.1, 0.15) is 23.7 Å². The van der Waals surface area contributed by atoms with Crippen LogP contribution >= 0.6 is 0 Å². The summed E-state index contributed by atoms with van der Waals surface area (Å²) in [6, 6.07) is 6.21. The quantitative estimate of drug-likeness (QED) is 0.789. The van der Waals surface area contributed by atoms with E-state index >= 15 is 0 Å². The molecule has 8 heteroatoms. The van der Waals surface area contributed by atoms with E-state index in [2.05, 4.69) is 0 Å². The first kappa shape index (κ1) is 16.9. The number of hydrogen-bond donors (Lipinski definition) is 0. The predicted molar refractivity (Wildman–Crippen MR) is 88.0 cm³/mol. The Morgan fingerprint density at radius 3 is 2.17 bits per heavy atom. The lowest BCUT2D eigenvalue weighted by Crippen LogP contribution is -2.49. The monoisotopic (exact) mass is 351 g/mol. The van der Waals surface area contributed by atoms with Gasteiger partial charge < -0.3 is 9.80 Å². The standard InChI is InChI=1S/C16H21N3O4S/c1-13(20)17-8-10-19(11-9-17)24(22,23)15-5-2-4-14(12-15)16(21)18-6-3-7-18/h2,4-5,12H,3,6-11H2,1H3. The molecule has 2 heterocycles. The fourth-order valence-electron chi connectivity index (χ4n) is 2.88. The van der Waals surface area contributed by atoms with Gasteiger partial charge in [0.2, 0.25) is 15.9 Å². The molecule has 2 aliphatic heterocycles. The average molecular weight is 351 g/mol. The smallest absolute Gasteiger partial charge is 0.253 e. The third kappa shape index (κ3) is 3.16. The van der Waals surface area contributed by atoms with Crippen LogP contribution in [0.4, 0.5) is 0 Å². The van der Waals surface area contributed by atoms with E-state index in [1.54, 1.807) is 21.9 Å². The third-order valence-corrected chi connectivity index (χ3v) is 6.44. The van der Waals surface area contributed by atoms with Crippen molar-refractivity contribution in [3.8, 4) is 0 Å². The van der Waals surface area contributed by atoms with Crippen molar-refractivity contribution in [1.82, 2.24) is 14.1 Å². The van der Waals surface area contributed by atoms with Crippen LogP contribution in [0.3, 0.4) is 0 Å². The van der Waals surface area contributed by atoms with Gasteiger partial charge in [0.15, 0.2) is 0 Å². The van der Waals surface area contributed by atoms with Gasteiger partial charge in [-0.2, -0.15) is 4.31 Å². The minimum absolute atomic E-state index is 0.0470.